The van der Waals surface area contributed by atoms with Crippen LogP contribution in [0.25, 0.3) is 33.4 Å². The monoisotopic (exact) mass is 731 g/mol. The molecule has 0 bridgehead atoms. The Bertz CT molecular complexity index is 2910. The summed E-state index contributed by atoms with van der Waals surface area (Å²) in [5.41, 5.74) is 22.2. The fraction of sp³-hybridized carbons (Fsp3) is 0.143. The van der Waals surface area contributed by atoms with Gasteiger partial charge in [0, 0.05) is 22.2 Å². The van der Waals surface area contributed by atoms with Gasteiger partial charge in [0.2, 0.25) is 0 Å². The quantitative estimate of drug-likeness (QED) is 0.175. The number of benzene rings is 7. The highest BCUT2D eigenvalue weighted by Crippen LogP contribution is 2.60. The van der Waals surface area contributed by atoms with Crippen LogP contribution >= 0.6 is 0 Å². The van der Waals surface area contributed by atoms with E-state index in [1.54, 1.807) is 0 Å². The van der Waals surface area contributed by atoms with Gasteiger partial charge in [-0.2, -0.15) is 0 Å². The molecule has 0 fully saturated rings. The van der Waals surface area contributed by atoms with Crippen LogP contribution in [0, 0.1) is 0 Å². The fourth-order valence-corrected chi connectivity index (χ4v) is 11.1. The van der Waals surface area contributed by atoms with Crippen LogP contribution in [0.15, 0.2) is 188 Å². The molecule has 1 unspecified atom stereocenters. The summed E-state index contributed by atoms with van der Waals surface area (Å²) in [7, 11) is 0. The summed E-state index contributed by atoms with van der Waals surface area (Å²) in [4.78, 5) is 2.56. The number of allylic oxidation sites excluding steroid dienone is 5. The predicted octanol–water partition coefficient (Wildman–Crippen LogP) is 14.3. The van der Waals surface area contributed by atoms with Gasteiger partial charge in [-0.15, -0.1) is 0 Å². The summed E-state index contributed by atoms with van der Waals surface area (Å²) in [6.07, 6.45) is 9.70. The third-order valence-corrected chi connectivity index (χ3v) is 13.7. The van der Waals surface area contributed by atoms with E-state index in [4.69, 9.17) is 6.58 Å². The summed E-state index contributed by atoms with van der Waals surface area (Å²) in [6.45, 7) is 14.5. The van der Waals surface area contributed by atoms with E-state index in [0.29, 0.717) is 0 Å². The van der Waals surface area contributed by atoms with Crippen molar-refractivity contribution < 1.29 is 0 Å². The Morgan fingerprint density at radius 3 is 1.70 bits per heavy atom. The van der Waals surface area contributed by atoms with Gasteiger partial charge in [-0.3, -0.25) is 0 Å². The second kappa shape index (κ2) is 12.0. The number of rotatable bonds is 3. The van der Waals surface area contributed by atoms with Crippen LogP contribution in [0.5, 0.6) is 0 Å². The topological polar surface area (TPSA) is 3.24 Å². The number of hydrogen-bond donors (Lipinski definition) is 0. The second-order valence-electron chi connectivity index (χ2n) is 17.3. The Labute approximate surface area is 337 Å². The van der Waals surface area contributed by atoms with Crippen LogP contribution in [-0.2, 0) is 22.7 Å². The van der Waals surface area contributed by atoms with E-state index >= 15 is 0 Å². The number of nitrogens with zero attached hydrogens (tertiary/aromatic N) is 1. The molecule has 7 aromatic carbocycles. The van der Waals surface area contributed by atoms with Gasteiger partial charge in [0.25, 0.3) is 0 Å². The standard InChI is InChI=1S/C56H45N/c1-36-18-7-6-8-19-37-20-9-13-25-46(37)56(36)49-28-16-12-22-41(49)44-33-31-39(35-51(44)56)57(38-30-32-43-40-21-10-14-26-47(40)54(2,3)50(43)34-38)52-29-17-24-45-42-23-11-15-27-48(42)55(4,5)53(45)52/h6-18,20-35H,1,19H2,2-5H3/b8-6-,18-7-. The van der Waals surface area contributed by atoms with E-state index in [9.17, 15) is 0 Å². The highest BCUT2D eigenvalue weighted by molar-refractivity contribution is 5.94. The molecule has 1 spiro atoms. The molecule has 0 aromatic heterocycles. The summed E-state index contributed by atoms with van der Waals surface area (Å²) >= 11 is 0. The van der Waals surface area contributed by atoms with Crippen LogP contribution in [0.4, 0.5) is 17.1 Å². The Balaban J connectivity index is 1.21. The first-order chi connectivity index (χ1) is 27.7. The summed E-state index contributed by atoms with van der Waals surface area (Å²) in [6, 6.07) is 57.3. The predicted molar refractivity (Wildman–Crippen MR) is 239 cm³/mol. The number of hydrogen-bond acceptors (Lipinski definition) is 1. The molecule has 4 aliphatic rings. The lowest BCUT2D eigenvalue weighted by Crippen LogP contribution is -2.30. The Morgan fingerprint density at radius 1 is 0.456 bits per heavy atom. The lowest BCUT2D eigenvalue weighted by atomic mass is 9.66. The minimum Gasteiger partial charge on any atom is -0.310 e. The van der Waals surface area contributed by atoms with Gasteiger partial charge in [-0.25, -0.2) is 0 Å². The van der Waals surface area contributed by atoms with Crippen molar-refractivity contribution >= 4 is 17.1 Å². The van der Waals surface area contributed by atoms with E-state index in [0.717, 1.165) is 23.4 Å². The minimum atomic E-state index is -0.567. The molecule has 0 aliphatic heterocycles. The van der Waals surface area contributed by atoms with E-state index in [2.05, 4.69) is 209 Å². The van der Waals surface area contributed by atoms with E-state index in [1.165, 1.54) is 83.6 Å². The normalized spacial score (nSPS) is 19.5. The smallest absolute Gasteiger partial charge is 0.0711 e. The first-order valence-electron chi connectivity index (χ1n) is 20.4. The van der Waals surface area contributed by atoms with Gasteiger partial charge in [0.05, 0.1) is 11.1 Å². The second-order valence-corrected chi connectivity index (χ2v) is 17.3. The van der Waals surface area contributed by atoms with Crippen molar-refractivity contribution in [2.75, 3.05) is 4.90 Å². The number of anilines is 3. The Hall–Kier alpha value is -6.44. The molecule has 1 heteroatoms. The summed E-state index contributed by atoms with van der Waals surface area (Å²) in [5.74, 6) is 0. The molecule has 0 N–H and O–H groups in total. The van der Waals surface area contributed by atoms with Crippen LogP contribution in [0.3, 0.4) is 0 Å². The lowest BCUT2D eigenvalue weighted by Gasteiger charge is -2.37. The van der Waals surface area contributed by atoms with Crippen molar-refractivity contribution in [3.05, 3.63) is 233 Å². The van der Waals surface area contributed by atoms with Crippen LogP contribution < -0.4 is 4.90 Å². The van der Waals surface area contributed by atoms with E-state index in [-0.39, 0.29) is 10.8 Å². The summed E-state index contributed by atoms with van der Waals surface area (Å²) < 4.78 is 0. The average molecular weight is 732 g/mol. The zero-order chi connectivity index (χ0) is 38.7. The molecular weight excluding hydrogens is 687 g/mol. The van der Waals surface area contributed by atoms with Crippen molar-refractivity contribution in [3.8, 4) is 33.4 Å². The lowest BCUT2D eigenvalue weighted by molar-refractivity contribution is 0.658. The molecule has 7 aromatic rings. The van der Waals surface area contributed by atoms with Crippen molar-refractivity contribution in [1.29, 1.82) is 0 Å². The third-order valence-electron chi connectivity index (χ3n) is 13.7. The first-order valence-corrected chi connectivity index (χ1v) is 20.4. The molecule has 1 atom stereocenters. The van der Waals surface area contributed by atoms with Crippen molar-refractivity contribution in [1.82, 2.24) is 0 Å². The zero-order valence-electron chi connectivity index (χ0n) is 33.1. The van der Waals surface area contributed by atoms with Crippen molar-refractivity contribution in [2.24, 2.45) is 0 Å². The minimum absolute atomic E-state index is 0.134. The Morgan fingerprint density at radius 2 is 0.982 bits per heavy atom. The maximum absolute atomic E-state index is 4.91. The van der Waals surface area contributed by atoms with E-state index in [1.807, 2.05) is 0 Å². The zero-order valence-corrected chi connectivity index (χ0v) is 33.1. The highest BCUT2D eigenvalue weighted by atomic mass is 15.1. The van der Waals surface area contributed by atoms with Crippen molar-refractivity contribution in [2.45, 2.75) is 50.4 Å². The summed E-state index contributed by atoms with van der Waals surface area (Å²) in [5, 5.41) is 0. The third kappa shape index (κ3) is 4.52. The largest absolute Gasteiger partial charge is 0.310 e. The van der Waals surface area contributed by atoms with Crippen LogP contribution in [0.1, 0.15) is 72.2 Å². The SMILES string of the molecule is C=C1/C=C\C=C/Cc2ccccc2C12c1ccccc1-c1ccc(N(c3ccc4c(c3)C(C)(C)c3ccccc3-4)c3cccc4c3C(C)(C)c3ccccc3-4)cc12. The maximum atomic E-state index is 4.91. The van der Waals surface area contributed by atoms with Gasteiger partial charge in [0.1, 0.15) is 0 Å². The molecule has 0 radical (unpaired) electrons. The van der Waals surface area contributed by atoms with Crippen LogP contribution in [-0.4, -0.2) is 0 Å². The molecule has 0 saturated carbocycles. The molecule has 274 valence electrons. The number of fused-ring (bicyclic) bond motifs is 13. The molecule has 11 rings (SSSR count). The first kappa shape index (κ1) is 33.9. The highest BCUT2D eigenvalue weighted by Gasteiger charge is 2.48. The van der Waals surface area contributed by atoms with Crippen molar-refractivity contribution in [3.63, 3.8) is 0 Å². The van der Waals surface area contributed by atoms with Gasteiger partial charge in [0.15, 0.2) is 0 Å². The molecule has 0 heterocycles. The van der Waals surface area contributed by atoms with E-state index < -0.39 is 5.41 Å². The maximum Gasteiger partial charge on any atom is 0.0711 e. The Kier molecular flexibility index (Phi) is 7.15. The molecule has 1 nitrogen and oxygen atoms in total. The van der Waals surface area contributed by atoms with Gasteiger partial charge in [-0.05, 0) is 120 Å². The van der Waals surface area contributed by atoms with Crippen LogP contribution in [0.2, 0.25) is 0 Å². The molecule has 4 aliphatic carbocycles. The molecular formula is C56H45N. The van der Waals surface area contributed by atoms with Gasteiger partial charge in [-0.1, -0.05) is 180 Å². The fourth-order valence-electron chi connectivity index (χ4n) is 11.1. The van der Waals surface area contributed by atoms with Gasteiger partial charge < -0.3 is 4.90 Å². The molecule has 57 heavy (non-hydrogen) atoms. The average Bonchev–Trinajstić information content (AvgIpc) is 3.77. The molecule has 0 saturated heterocycles. The molecule has 0 amide bonds. The van der Waals surface area contributed by atoms with Gasteiger partial charge >= 0.3 is 0 Å².